The molecular formula is C9H16N2OS. The predicted molar refractivity (Wildman–Crippen MR) is 54.9 cm³/mol. The van der Waals surface area contributed by atoms with Crippen LogP contribution in [0.5, 0.6) is 0 Å². The maximum absolute atomic E-state index is 8.68. The standard InChI is InChI=1S/C9H16N2OS/c1-7(3-4-12)10-5-9-6-13-8(2)11-9/h6-7,10,12H,3-5H2,1-2H3. The molecule has 0 aliphatic rings. The highest BCUT2D eigenvalue weighted by Crippen LogP contribution is 2.07. The fourth-order valence-corrected chi connectivity index (χ4v) is 1.68. The van der Waals surface area contributed by atoms with Gasteiger partial charge in [0.1, 0.15) is 0 Å². The molecule has 4 heteroatoms. The second-order valence-corrected chi connectivity index (χ2v) is 4.21. The van der Waals surface area contributed by atoms with E-state index in [4.69, 9.17) is 5.11 Å². The fraction of sp³-hybridized carbons (Fsp3) is 0.667. The first-order valence-electron chi connectivity index (χ1n) is 4.47. The highest BCUT2D eigenvalue weighted by atomic mass is 32.1. The number of nitrogens with zero attached hydrogens (tertiary/aromatic N) is 1. The van der Waals surface area contributed by atoms with Crippen molar-refractivity contribution >= 4 is 11.3 Å². The van der Waals surface area contributed by atoms with Gasteiger partial charge in [-0.3, -0.25) is 0 Å². The molecule has 1 rings (SSSR count). The zero-order valence-electron chi connectivity index (χ0n) is 8.08. The van der Waals surface area contributed by atoms with E-state index in [0.29, 0.717) is 6.04 Å². The number of rotatable bonds is 5. The molecule has 0 radical (unpaired) electrons. The molecule has 0 spiro atoms. The van der Waals surface area contributed by atoms with E-state index < -0.39 is 0 Å². The van der Waals surface area contributed by atoms with Crippen molar-refractivity contribution in [3.05, 3.63) is 16.1 Å². The van der Waals surface area contributed by atoms with Crippen LogP contribution < -0.4 is 5.32 Å². The fourth-order valence-electron chi connectivity index (χ4n) is 1.06. The number of aliphatic hydroxyl groups excluding tert-OH is 1. The molecule has 1 aromatic rings. The Kier molecular flexibility index (Phi) is 4.35. The Balaban J connectivity index is 2.26. The number of aliphatic hydroxyl groups is 1. The Morgan fingerprint density at radius 2 is 2.46 bits per heavy atom. The molecule has 0 saturated heterocycles. The first-order valence-corrected chi connectivity index (χ1v) is 5.35. The van der Waals surface area contributed by atoms with E-state index in [0.717, 1.165) is 23.7 Å². The van der Waals surface area contributed by atoms with Gasteiger partial charge in [0.25, 0.3) is 0 Å². The lowest BCUT2D eigenvalue weighted by atomic mass is 10.2. The zero-order valence-corrected chi connectivity index (χ0v) is 8.90. The molecule has 0 aromatic carbocycles. The molecule has 13 heavy (non-hydrogen) atoms. The highest BCUT2D eigenvalue weighted by molar-refractivity contribution is 7.09. The van der Waals surface area contributed by atoms with Gasteiger partial charge in [-0.15, -0.1) is 11.3 Å². The largest absolute Gasteiger partial charge is 0.396 e. The van der Waals surface area contributed by atoms with Crippen molar-refractivity contribution in [3.63, 3.8) is 0 Å². The Morgan fingerprint density at radius 1 is 1.69 bits per heavy atom. The van der Waals surface area contributed by atoms with Gasteiger partial charge >= 0.3 is 0 Å². The molecule has 0 amide bonds. The summed E-state index contributed by atoms with van der Waals surface area (Å²) in [5, 5.41) is 15.1. The Labute approximate surface area is 82.8 Å². The van der Waals surface area contributed by atoms with Gasteiger partial charge in [-0.25, -0.2) is 4.98 Å². The molecule has 2 N–H and O–H groups in total. The van der Waals surface area contributed by atoms with Crippen LogP contribution in [0, 0.1) is 6.92 Å². The summed E-state index contributed by atoms with van der Waals surface area (Å²) in [5.74, 6) is 0. The third-order valence-electron chi connectivity index (χ3n) is 1.86. The third-order valence-corrected chi connectivity index (χ3v) is 2.68. The number of aryl methyl sites for hydroxylation is 1. The number of nitrogens with one attached hydrogen (secondary N) is 1. The summed E-state index contributed by atoms with van der Waals surface area (Å²) in [7, 11) is 0. The SMILES string of the molecule is Cc1nc(CNC(C)CCO)cs1. The van der Waals surface area contributed by atoms with Crippen LogP contribution in [0.3, 0.4) is 0 Å². The van der Waals surface area contributed by atoms with Crippen LogP contribution in [0.2, 0.25) is 0 Å². The zero-order chi connectivity index (χ0) is 9.68. The summed E-state index contributed by atoms with van der Waals surface area (Å²) >= 11 is 1.67. The molecule has 0 fully saturated rings. The van der Waals surface area contributed by atoms with Crippen LogP contribution in [-0.2, 0) is 6.54 Å². The monoisotopic (exact) mass is 200 g/mol. The minimum absolute atomic E-state index is 0.240. The van der Waals surface area contributed by atoms with Crippen LogP contribution >= 0.6 is 11.3 Å². The van der Waals surface area contributed by atoms with Crippen molar-refractivity contribution in [1.29, 1.82) is 0 Å². The number of thiazole rings is 1. The normalized spacial score (nSPS) is 13.2. The van der Waals surface area contributed by atoms with Crippen molar-refractivity contribution in [2.75, 3.05) is 6.61 Å². The van der Waals surface area contributed by atoms with Gasteiger partial charge in [0.05, 0.1) is 10.7 Å². The van der Waals surface area contributed by atoms with Crippen molar-refractivity contribution in [1.82, 2.24) is 10.3 Å². The summed E-state index contributed by atoms with van der Waals surface area (Å²) in [4.78, 5) is 4.34. The second-order valence-electron chi connectivity index (χ2n) is 3.15. The quantitative estimate of drug-likeness (QED) is 0.753. The lowest BCUT2D eigenvalue weighted by molar-refractivity contribution is 0.268. The van der Waals surface area contributed by atoms with Gasteiger partial charge in [-0.05, 0) is 20.3 Å². The smallest absolute Gasteiger partial charge is 0.0897 e. The van der Waals surface area contributed by atoms with Crippen LogP contribution in [-0.4, -0.2) is 22.7 Å². The molecule has 0 aliphatic heterocycles. The van der Waals surface area contributed by atoms with Crippen molar-refractivity contribution < 1.29 is 5.11 Å². The molecule has 1 heterocycles. The number of aromatic nitrogens is 1. The average Bonchev–Trinajstić information content (AvgIpc) is 2.49. The van der Waals surface area contributed by atoms with Crippen molar-refractivity contribution in [3.8, 4) is 0 Å². The van der Waals surface area contributed by atoms with Crippen molar-refractivity contribution in [2.45, 2.75) is 32.9 Å². The molecule has 1 aromatic heterocycles. The van der Waals surface area contributed by atoms with Crippen LogP contribution in [0.15, 0.2) is 5.38 Å². The van der Waals surface area contributed by atoms with E-state index in [2.05, 4.69) is 22.6 Å². The molecule has 1 unspecified atom stereocenters. The van der Waals surface area contributed by atoms with Gasteiger partial charge in [-0.2, -0.15) is 0 Å². The Hall–Kier alpha value is -0.450. The summed E-state index contributed by atoms with van der Waals surface area (Å²) < 4.78 is 0. The van der Waals surface area contributed by atoms with Crippen molar-refractivity contribution in [2.24, 2.45) is 0 Å². The molecule has 3 nitrogen and oxygen atoms in total. The van der Waals surface area contributed by atoms with E-state index in [1.807, 2.05) is 6.92 Å². The minimum atomic E-state index is 0.240. The third kappa shape index (κ3) is 3.85. The Morgan fingerprint density at radius 3 is 3.00 bits per heavy atom. The maximum atomic E-state index is 8.68. The van der Waals surface area contributed by atoms with Gasteiger partial charge in [0.2, 0.25) is 0 Å². The van der Waals surface area contributed by atoms with Gasteiger partial charge in [0, 0.05) is 24.6 Å². The topological polar surface area (TPSA) is 45.2 Å². The second kappa shape index (κ2) is 5.32. The van der Waals surface area contributed by atoms with Gasteiger partial charge in [0.15, 0.2) is 0 Å². The molecule has 0 bridgehead atoms. The summed E-state index contributed by atoms with van der Waals surface area (Å²) in [6, 6.07) is 0.354. The molecule has 0 saturated carbocycles. The lowest BCUT2D eigenvalue weighted by Crippen LogP contribution is -2.26. The van der Waals surface area contributed by atoms with Gasteiger partial charge in [-0.1, -0.05) is 0 Å². The first-order chi connectivity index (χ1) is 6.22. The highest BCUT2D eigenvalue weighted by Gasteiger charge is 2.02. The minimum Gasteiger partial charge on any atom is -0.396 e. The van der Waals surface area contributed by atoms with E-state index in [1.165, 1.54) is 0 Å². The number of hydrogen-bond acceptors (Lipinski definition) is 4. The molecular weight excluding hydrogens is 184 g/mol. The molecule has 0 aliphatic carbocycles. The first kappa shape index (κ1) is 10.6. The Bertz CT molecular complexity index is 250. The predicted octanol–water partition coefficient (Wildman–Crippen LogP) is 1.31. The van der Waals surface area contributed by atoms with E-state index >= 15 is 0 Å². The van der Waals surface area contributed by atoms with E-state index in [9.17, 15) is 0 Å². The summed E-state index contributed by atoms with van der Waals surface area (Å²) in [5.41, 5.74) is 1.09. The van der Waals surface area contributed by atoms with Crippen LogP contribution in [0.1, 0.15) is 24.0 Å². The average molecular weight is 200 g/mol. The van der Waals surface area contributed by atoms with Crippen LogP contribution in [0.4, 0.5) is 0 Å². The van der Waals surface area contributed by atoms with Crippen LogP contribution in [0.25, 0.3) is 0 Å². The van der Waals surface area contributed by atoms with E-state index in [-0.39, 0.29) is 6.61 Å². The van der Waals surface area contributed by atoms with E-state index in [1.54, 1.807) is 11.3 Å². The molecule has 1 atom stereocenters. The maximum Gasteiger partial charge on any atom is 0.0897 e. The summed E-state index contributed by atoms with van der Waals surface area (Å²) in [6.45, 7) is 5.11. The molecule has 74 valence electrons. The van der Waals surface area contributed by atoms with Gasteiger partial charge < -0.3 is 10.4 Å². The number of hydrogen-bond donors (Lipinski definition) is 2. The lowest BCUT2D eigenvalue weighted by Gasteiger charge is -2.10. The summed E-state index contributed by atoms with van der Waals surface area (Å²) in [6.07, 6.45) is 0.795.